The van der Waals surface area contributed by atoms with E-state index in [1.807, 2.05) is 29.2 Å². The predicted molar refractivity (Wildman–Crippen MR) is 146 cm³/mol. The fourth-order valence-corrected chi connectivity index (χ4v) is 4.61. The molecule has 0 atom stereocenters. The molecule has 3 rings (SSSR count). The fraction of sp³-hybridized carbons (Fsp3) is 0.533. The number of unbranched alkanes of at least 4 members (excludes halogenated alkanes) is 6. The second kappa shape index (κ2) is 14.6. The molecule has 1 N–H and O–H groups in total. The van der Waals surface area contributed by atoms with Gasteiger partial charge in [0, 0.05) is 49.5 Å². The van der Waals surface area contributed by atoms with Crippen molar-refractivity contribution in [2.75, 3.05) is 36.4 Å². The van der Waals surface area contributed by atoms with E-state index in [0.717, 1.165) is 56.8 Å². The van der Waals surface area contributed by atoms with Crippen LogP contribution in [0.3, 0.4) is 0 Å². The molecule has 5 nitrogen and oxygen atoms in total. The fourth-order valence-electron chi connectivity index (χ4n) is 4.61. The van der Waals surface area contributed by atoms with Gasteiger partial charge >= 0.3 is 0 Å². The Labute approximate surface area is 211 Å². The van der Waals surface area contributed by atoms with Crippen molar-refractivity contribution < 1.29 is 9.59 Å². The number of carbonyl (C=O) groups is 2. The van der Waals surface area contributed by atoms with Crippen LogP contribution in [0, 0.1) is 0 Å². The van der Waals surface area contributed by atoms with Crippen LogP contribution in [0.25, 0.3) is 0 Å². The van der Waals surface area contributed by atoms with Gasteiger partial charge in [-0.15, -0.1) is 0 Å². The minimum atomic E-state index is -0.0836. The Bertz CT molecular complexity index is 900. The van der Waals surface area contributed by atoms with Crippen LogP contribution in [-0.2, 0) is 11.2 Å². The smallest absolute Gasteiger partial charge is 0.255 e. The Hall–Kier alpha value is -2.82. The molecule has 0 aliphatic carbocycles. The van der Waals surface area contributed by atoms with Crippen molar-refractivity contribution in [3.8, 4) is 0 Å². The molecule has 0 bridgehead atoms. The maximum absolute atomic E-state index is 12.6. The first-order valence-corrected chi connectivity index (χ1v) is 13.6. The number of hydrogen-bond donors (Lipinski definition) is 1. The van der Waals surface area contributed by atoms with Crippen molar-refractivity contribution in [3.63, 3.8) is 0 Å². The number of benzene rings is 2. The lowest BCUT2D eigenvalue weighted by Crippen LogP contribution is -2.48. The zero-order valence-corrected chi connectivity index (χ0v) is 21.7. The lowest BCUT2D eigenvalue weighted by atomic mass is 10.1. The van der Waals surface area contributed by atoms with Crippen LogP contribution in [0.5, 0.6) is 0 Å². The number of amides is 2. The molecular formula is C30H43N3O2. The second-order valence-electron chi connectivity index (χ2n) is 9.69. The van der Waals surface area contributed by atoms with Crippen LogP contribution < -0.4 is 10.2 Å². The zero-order valence-electron chi connectivity index (χ0n) is 21.7. The summed E-state index contributed by atoms with van der Waals surface area (Å²) in [5.74, 6) is 0.216. The highest BCUT2D eigenvalue weighted by Gasteiger charge is 2.21. The Morgan fingerprint density at radius 1 is 0.743 bits per heavy atom. The van der Waals surface area contributed by atoms with Crippen LogP contribution in [0.1, 0.15) is 87.6 Å². The summed E-state index contributed by atoms with van der Waals surface area (Å²) >= 11 is 0. The van der Waals surface area contributed by atoms with Gasteiger partial charge in [-0.2, -0.15) is 0 Å². The molecule has 1 aliphatic rings. The Morgan fingerprint density at radius 2 is 1.37 bits per heavy atom. The predicted octanol–water partition coefficient (Wildman–Crippen LogP) is 6.68. The highest BCUT2D eigenvalue weighted by atomic mass is 16.2. The van der Waals surface area contributed by atoms with Crippen molar-refractivity contribution in [1.82, 2.24) is 4.90 Å². The van der Waals surface area contributed by atoms with Gasteiger partial charge in [0.15, 0.2) is 0 Å². The SMILES string of the molecule is CCCCCCCC(=O)N1CCN(c2ccc(NC(=O)c3ccc(CCCCC)cc3)cc2)CC1. The Morgan fingerprint density at radius 3 is 2.03 bits per heavy atom. The van der Waals surface area contributed by atoms with Gasteiger partial charge in [-0.25, -0.2) is 0 Å². The maximum atomic E-state index is 12.6. The number of hydrogen-bond acceptors (Lipinski definition) is 3. The summed E-state index contributed by atoms with van der Waals surface area (Å²) < 4.78 is 0. The summed E-state index contributed by atoms with van der Waals surface area (Å²) in [5, 5.41) is 3.00. The van der Waals surface area contributed by atoms with E-state index >= 15 is 0 Å². The summed E-state index contributed by atoms with van der Waals surface area (Å²) in [6.07, 6.45) is 11.3. The van der Waals surface area contributed by atoms with Crippen molar-refractivity contribution in [2.24, 2.45) is 0 Å². The number of rotatable bonds is 13. The summed E-state index contributed by atoms with van der Waals surface area (Å²) in [4.78, 5) is 29.5. The number of carbonyl (C=O) groups excluding carboxylic acids is 2. The van der Waals surface area contributed by atoms with Crippen LogP contribution >= 0.6 is 0 Å². The average Bonchev–Trinajstić information content (AvgIpc) is 2.89. The van der Waals surface area contributed by atoms with Gasteiger partial charge in [-0.05, 0) is 61.2 Å². The van der Waals surface area contributed by atoms with Gasteiger partial charge in [-0.1, -0.05) is 64.5 Å². The highest BCUT2D eigenvalue weighted by molar-refractivity contribution is 6.04. The number of nitrogens with one attached hydrogen (secondary N) is 1. The van der Waals surface area contributed by atoms with Crippen molar-refractivity contribution >= 4 is 23.2 Å². The molecule has 0 unspecified atom stereocenters. The van der Waals surface area contributed by atoms with Crippen LogP contribution in [0.15, 0.2) is 48.5 Å². The lowest BCUT2D eigenvalue weighted by Gasteiger charge is -2.36. The highest BCUT2D eigenvalue weighted by Crippen LogP contribution is 2.21. The number of anilines is 2. The summed E-state index contributed by atoms with van der Waals surface area (Å²) in [7, 11) is 0. The van der Waals surface area contributed by atoms with E-state index in [9.17, 15) is 9.59 Å². The zero-order chi connectivity index (χ0) is 24.9. The molecule has 35 heavy (non-hydrogen) atoms. The first kappa shape index (κ1) is 26.8. The van der Waals surface area contributed by atoms with Gasteiger partial charge in [0.25, 0.3) is 5.91 Å². The second-order valence-corrected chi connectivity index (χ2v) is 9.69. The third-order valence-corrected chi connectivity index (χ3v) is 6.90. The summed E-state index contributed by atoms with van der Waals surface area (Å²) in [5.41, 5.74) is 3.89. The molecule has 1 saturated heterocycles. The maximum Gasteiger partial charge on any atom is 0.255 e. The van der Waals surface area contributed by atoms with E-state index in [1.54, 1.807) is 0 Å². The molecule has 1 aliphatic heterocycles. The Kier molecular flexibility index (Phi) is 11.1. The molecule has 190 valence electrons. The largest absolute Gasteiger partial charge is 0.368 e. The van der Waals surface area contributed by atoms with Gasteiger partial charge in [0.1, 0.15) is 0 Å². The van der Waals surface area contributed by atoms with Crippen LogP contribution in [0.2, 0.25) is 0 Å². The van der Waals surface area contributed by atoms with Gasteiger partial charge < -0.3 is 15.1 Å². The lowest BCUT2D eigenvalue weighted by molar-refractivity contribution is -0.131. The first-order chi connectivity index (χ1) is 17.1. The molecule has 1 heterocycles. The molecule has 2 aromatic rings. The van der Waals surface area contributed by atoms with E-state index in [2.05, 4.69) is 48.3 Å². The average molecular weight is 478 g/mol. The molecule has 5 heteroatoms. The van der Waals surface area contributed by atoms with Gasteiger partial charge in [-0.3, -0.25) is 9.59 Å². The van der Waals surface area contributed by atoms with Crippen molar-refractivity contribution in [1.29, 1.82) is 0 Å². The van der Waals surface area contributed by atoms with Crippen molar-refractivity contribution in [3.05, 3.63) is 59.7 Å². The van der Waals surface area contributed by atoms with E-state index in [1.165, 1.54) is 44.1 Å². The van der Waals surface area contributed by atoms with Crippen LogP contribution in [0.4, 0.5) is 11.4 Å². The number of nitrogens with zero attached hydrogens (tertiary/aromatic N) is 2. The van der Waals surface area contributed by atoms with E-state index < -0.39 is 0 Å². The third-order valence-electron chi connectivity index (χ3n) is 6.90. The van der Waals surface area contributed by atoms with Crippen molar-refractivity contribution in [2.45, 2.75) is 78.1 Å². The van der Waals surface area contributed by atoms with E-state index in [4.69, 9.17) is 0 Å². The number of aryl methyl sites for hydroxylation is 1. The minimum absolute atomic E-state index is 0.0836. The molecule has 0 radical (unpaired) electrons. The summed E-state index contributed by atoms with van der Waals surface area (Å²) in [6, 6.07) is 16.0. The number of piperazine rings is 1. The molecule has 2 aromatic carbocycles. The standard InChI is InChI=1S/C30H43N3O2/c1-3-5-7-8-10-12-29(34)33-23-21-32(22-24-33)28-19-17-27(18-20-28)31-30(35)26-15-13-25(14-16-26)11-9-6-4-2/h13-20H,3-12,21-24H2,1-2H3,(H,31,35). The van der Waals surface area contributed by atoms with Gasteiger partial charge in [0.2, 0.25) is 5.91 Å². The minimum Gasteiger partial charge on any atom is -0.368 e. The molecule has 1 fully saturated rings. The quantitative estimate of drug-likeness (QED) is 0.327. The Balaban J connectivity index is 1.42. The molecule has 0 aromatic heterocycles. The van der Waals surface area contributed by atoms with Crippen LogP contribution in [-0.4, -0.2) is 42.9 Å². The van der Waals surface area contributed by atoms with E-state index in [-0.39, 0.29) is 5.91 Å². The molecular weight excluding hydrogens is 434 g/mol. The summed E-state index contributed by atoms with van der Waals surface area (Å²) in [6.45, 7) is 7.67. The third kappa shape index (κ3) is 8.72. The topological polar surface area (TPSA) is 52.7 Å². The van der Waals surface area contributed by atoms with E-state index in [0.29, 0.717) is 17.9 Å². The van der Waals surface area contributed by atoms with Gasteiger partial charge in [0.05, 0.1) is 0 Å². The molecule has 0 spiro atoms. The monoisotopic (exact) mass is 477 g/mol. The first-order valence-electron chi connectivity index (χ1n) is 13.6. The molecule has 2 amide bonds. The molecule has 0 saturated carbocycles. The normalized spacial score (nSPS) is 13.7.